The molecule has 1 aromatic rings. The number of fused-ring (bicyclic) bond motifs is 1. The highest BCUT2D eigenvalue weighted by atomic mass is 32.2. The molecule has 0 N–H and O–H groups in total. The van der Waals surface area contributed by atoms with Crippen molar-refractivity contribution in [2.75, 3.05) is 31.1 Å². The van der Waals surface area contributed by atoms with Crippen molar-refractivity contribution in [3.05, 3.63) is 29.2 Å². The van der Waals surface area contributed by atoms with Crippen LogP contribution >= 0.6 is 0 Å². The van der Waals surface area contributed by atoms with Crippen molar-refractivity contribution in [2.45, 2.75) is 45.7 Å². The van der Waals surface area contributed by atoms with Crippen LogP contribution in [0.25, 0.3) is 0 Å². The van der Waals surface area contributed by atoms with Gasteiger partial charge in [-0.05, 0) is 20.3 Å². The van der Waals surface area contributed by atoms with Gasteiger partial charge in [0.2, 0.25) is 0 Å². The smallest absolute Gasteiger partial charge is 0.276 e. The van der Waals surface area contributed by atoms with Gasteiger partial charge in [-0.2, -0.15) is 0 Å². The van der Waals surface area contributed by atoms with Crippen molar-refractivity contribution in [1.29, 1.82) is 0 Å². The Morgan fingerprint density at radius 1 is 1.31 bits per heavy atom. The Morgan fingerprint density at radius 2 is 2.04 bits per heavy atom. The van der Waals surface area contributed by atoms with E-state index >= 15 is 0 Å². The molecule has 0 spiro atoms. The average Bonchev–Trinajstić information content (AvgIpc) is 3.15. The van der Waals surface area contributed by atoms with E-state index in [9.17, 15) is 13.2 Å². The lowest BCUT2D eigenvalue weighted by Gasteiger charge is -2.43. The number of aromatic nitrogens is 1. The molecule has 7 nitrogen and oxygen atoms in total. The Labute approximate surface area is 154 Å². The van der Waals surface area contributed by atoms with Gasteiger partial charge in [-0.1, -0.05) is 23.7 Å². The highest BCUT2D eigenvalue weighted by molar-refractivity contribution is 7.91. The zero-order valence-corrected chi connectivity index (χ0v) is 16.5. The molecule has 0 aromatic carbocycles. The third-order valence-electron chi connectivity index (χ3n) is 5.06. The van der Waals surface area contributed by atoms with Gasteiger partial charge in [0.25, 0.3) is 5.91 Å². The Morgan fingerprint density at radius 3 is 2.73 bits per heavy atom. The molecule has 3 rings (SSSR count). The highest BCUT2D eigenvalue weighted by Crippen LogP contribution is 2.28. The summed E-state index contributed by atoms with van der Waals surface area (Å²) in [7, 11) is -3.15. The van der Waals surface area contributed by atoms with E-state index in [0.29, 0.717) is 25.4 Å². The van der Waals surface area contributed by atoms with Crippen molar-refractivity contribution in [2.24, 2.45) is 0 Å². The first kappa shape index (κ1) is 19.1. The molecule has 2 atom stereocenters. The molecule has 2 aliphatic rings. The number of piperazine rings is 1. The summed E-state index contributed by atoms with van der Waals surface area (Å²) in [5.41, 5.74) is 1.47. The minimum atomic E-state index is -3.15. The van der Waals surface area contributed by atoms with E-state index in [2.05, 4.69) is 16.1 Å². The quantitative estimate of drug-likeness (QED) is 0.719. The Bertz CT molecular complexity index is 795. The van der Waals surface area contributed by atoms with Gasteiger partial charge in [-0.3, -0.25) is 9.69 Å². The number of rotatable bonds is 5. The standard InChI is InChI=1S/C18H27N3O4S/c1-4-5-14-10-15(19-25-14)18(22)21-9-8-20(7-6-13(2)3)16-11-26(23,24)12-17(16)21/h6,10,16-17H,4-5,7-9,11-12H2,1-3H3/t16-,17+/m0/s1. The lowest BCUT2D eigenvalue weighted by molar-refractivity contribution is 0.0360. The van der Waals surface area contributed by atoms with E-state index in [1.165, 1.54) is 5.57 Å². The van der Waals surface area contributed by atoms with Gasteiger partial charge in [-0.25, -0.2) is 8.42 Å². The molecule has 144 valence electrons. The minimum absolute atomic E-state index is 0.0222. The SMILES string of the molecule is CCCc1cc(C(=O)N2CCN(CC=C(C)C)[C@H]3CS(=O)(=O)C[C@H]32)no1. The molecule has 2 saturated heterocycles. The van der Waals surface area contributed by atoms with Gasteiger partial charge >= 0.3 is 0 Å². The van der Waals surface area contributed by atoms with Crippen LogP contribution in [-0.2, 0) is 16.3 Å². The Balaban J connectivity index is 1.80. The van der Waals surface area contributed by atoms with Crippen LogP contribution in [0.3, 0.4) is 0 Å². The fraction of sp³-hybridized carbons (Fsp3) is 0.667. The maximum atomic E-state index is 12.9. The van der Waals surface area contributed by atoms with Crippen molar-refractivity contribution >= 4 is 15.7 Å². The van der Waals surface area contributed by atoms with E-state index in [1.54, 1.807) is 11.0 Å². The van der Waals surface area contributed by atoms with Gasteiger partial charge in [0, 0.05) is 38.2 Å². The van der Waals surface area contributed by atoms with Gasteiger partial charge in [0.15, 0.2) is 15.5 Å². The number of aryl methyl sites for hydroxylation is 1. The number of allylic oxidation sites excluding steroid dienone is 1. The van der Waals surface area contributed by atoms with Crippen LogP contribution in [0, 0.1) is 0 Å². The van der Waals surface area contributed by atoms with Crippen molar-refractivity contribution in [3.63, 3.8) is 0 Å². The number of nitrogens with zero attached hydrogens (tertiary/aromatic N) is 3. The number of sulfone groups is 1. The zero-order valence-electron chi connectivity index (χ0n) is 15.6. The third kappa shape index (κ3) is 4.01. The first-order chi connectivity index (χ1) is 12.3. The summed E-state index contributed by atoms with van der Waals surface area (Å²) in [6.07, 6.45) is 3.75. The van der Waals surface area contributed by atoms with Crippen LogP contribution in [0.15, 0.2) is 22.2 Å². The van der Waals surface area contributed by atoms with Crippen molar-refractivity contribution in [1.82, 2.24) is 15.0 Å². The summed E-state index contributed by atoms with van der Waals surface area (Å²) >= 11 is 0. The van der Waals surface area contributed by atoms with Crippen molar-refractivity contribution in [3.8, 4) is 0 Å². The number of carbonyl (C=O) groups excluding carboxylic acids is 1. The number of amides is 1. The second-order valence-corrected chi connectivity index (χ2v) is 9.57. The highest BCUT2D eigenvalue weighted by Gasteiger charge is 2.48. The third-order valence-corrected chi connectivity index (χ3v) is 6.76. The first-order valence-corrected chi connectivity index (χ1v) is 11.0. The molecule has 1 aromatic heterocycles. The predicted molar refractivity (Wildman–Crippen MR) is 98.8 cm³/mol. The topological polar surface area (TPSA) is 83.7 Å². The minimum Gasteiger partial charge on any atom is -0.361 e. The fourth-order valence-electron chi connectivity index (χ4n) is 3.73. The normalized spacial score (nSPS) is 25.1. The average molecular weight is 381 g/mol. The number of hydrogen-bond donors (Lipinski definition) is 0. The predicted octanol–water partition coefficient (Wildman–Crippen LogP) is 1.52. The molecular weight excluding hydrogens is 354 g/mol. The number of hydrogen-bond acceptors (Lipinski definition) is 6. The maximum absolute atomic E-state index is 12.9. The van der Waals surface area contributed by atoms with E-state index in [0.717, 1.165) is 12.8 Å². The molecule has 0 radical (unpaired) electrons. The van der Waals surface area contributed by atoms with Crippen LogP contribution in [0.4, 0.5) is 0 Å². The van der Waals surface area contributed by atoms with Gasteiger partial charge in [-0.15, -0.1) is 0 Å². The molecule has 0 saturated carbocycles. The second-order valence-electron chi connectivity index (χ2n) is 7.42. The lowest BCUT2D eigenvalue weighted by atomic mass is 10.0. The van der Waals surface area contributed by atoms with E-state index in [4.69, 9.17) is 4.52 Å². The molecule has 2 aliphatic heterocycles. The monoisotopic (exact) mass is 381 g/mol. The molecule has 8 heteroatoms. The van der Waals surface area contributed by atoms with Gasteiger partial charge in [0.05, 0.1) is 17.5 Å². The van der Waals surface area contributed by atoms with Crippen LogP contribution in [-0.4, -0.2) is 72.5 Å². The summed E-state index contributed by atoms with van der Waals surface area (Å²) in [6, 6.07) is 1.20. The molecule has 26 heavy (non-hydrogen) atoms. The van der Waals surface area contributed by atoms with Crippen LogP contribution in [0.1, 0.15) is 43.4 Å². The largest absolute Gasteiger partial charge is 0.361 e. The van der Waals surface area contributed by atoms with Crippen LogP contribution in [0.5, 0.6) is 0 Å². The van der Waals surface area contributed by atoms with Crippen LogP contribution in [0.2, 0.25) is 0 Å². The summed E-state index contributed by atoms with van der Waals surface area (Å²) in [5.74, 6) is 0.588. The molecule has 0 unspecified atom stereocenters. The Hall–Kier alpha value is -1.67. The second kappa shape index (κ2) is 7.52. The summed E-state index contributed by atoms with van der Waals surface area (Å²) in [5, 5.41) is 3.90. The van der Waals surface area contributed by atoms with E-state index in [1.807, 2.05) is 20.8 Å². The molecule has 0 aliphatic carbocycles. The number of carbonyl (C=O) groups is 1. The maximum Gasteiger partial charge on any atom is 0.276 e. The van der Waals surface area contributed by atoms with E-state index < -0.39 is 9.84 Å². The summed E-state index contributed by atoms with van der Waals surface area (Å²) in [6.45, 7) is 7.96. The van der Waals surface area contributed by atoms with Gasteiger partial charge < -0.3 is 9.42 Å². The summed E-state index contributed by atoms with van der Waals surface area (Å²) in [4.78, 5) is 16.8. The first-order valence-electron chi connectivity index (χ1n) is 9.15. The lowest BCUT2D eigenvalue weighted by Crippen LogP contribution is -2.60. The zero-order chi connectivity index (χ0) is 18.9. The van der Waals surface area contributed by atoms with E-state index in [-0.39, 0.29) is 35.2 Å². The molecule has 0 bridgehead atoms. The molecule has 3 heterocycles. The van der Waals surface area contributed by atoms with Crippen LogP contribution < -0.4 is 0 Å². The molecule has 1 amide bonds. The van der Waals surface area contributed by atoms with Crippen molar-refractivity contribution < 1.29 is 17.7 Å². The molecular formula is C18H27N3O4S. The van der Waals surface area contributed by atoms with Gasteiger partial charge in [0.1, 0.15) is 5.76 Å². The fourth-order valence-corrected chi connectivity index (χ4v) is 5.74. The Kier molecular flexibility index (Phi) is 5.53. The molecule has 2 fully saturated rings. The summed E-state index contributed by atoms with van der Waals surface area (Å²) < 4.78 is 29.7.